The number of halogens is 2. The van der Waals surface area contributed by atoms with Crippen LogP contribution in [0, 0.1) is 0 Å². The number of thiazole rings is 1. The molecule has 1 aliphatic rings. The van der Waals surface area contributed by atoms with Crippen LogP contribution in [0.3, 0.4) is 0 Å². The van der Waals surface area contributed by atoms with Gasteiger partial charge in [-0.2, -0.15) is 5.10 Å². The maximum atomic E-state index is 12.8. The zero-order valence-corrected chi connectivity index (χ0v) is 19.0. The number of hydrazone groups is 1. The minimum Gasteiger partial charge on any atom is -0.365 e. The average molecular weight is 462 g/mol. The molecular formula is C21H21Cl2N5OS. The molecule has 0 aliphatic carbocycles. The van der Waals surface area contributed by atoms with E-state index in [1.54, 1.807) is 24.3 Å². The fourth-order valence-corrected chi connectivity index (χ4v) is 4.67. The maximum absolute atomic E-state index is 12.8. The number of carbonyl (C=O) groups is 1. The number of nitrogens with one attached hydrogen (secondary N) is 1. The van der Waals surface area contributed by atoms with Crippen LogP contribution in [0.25, 0.3) is 10.2 Å². The average Bonchev–Trinajstić information content (AvgIpc) is 3.15. The van der Waals surface area contributed by atoms with Gasteiger partial charge in [-0.25, -0.2) is 4.98 Å². The van der Waals surface area contributed by atoms with Crippen molar-refractivity contribution in [2.75, 3.05) is 36.5 Å². The lowest BCUT2D eigenvalue weighted by Gasteiger charge is -2.36. The largest absolute Gasteiger partial charge is 0.365 e. The van der Waals surface area contributed by atoms with E-state index < -0.39 is 0 Å². The van der Waals surface area contributed by atoms with Gasteiger partial charge in [0.15, 0.2) is 0 Å². The fraction of sp³-hybridized carbons (Fsp3) is 0.286. The van der Waals surface area contributed by atoms with E-state index >= 15 is 0 Å². The summed E-state index contributed by atoms with van der Waals surface area (Å²) in [4.78, 5) is 21.6. The molecule has 3 aromatic rings. The molecule has 30 heavy (non-hydrogen) atoms. The molecule has 1 amide bonds. The van der Waals surface area contributed by atoms with Gasteiger partial charge >= 0.3 is 0 Å². The molecule has 2 aromatic carbocycles. The Balaban J connectivity index is 1.53. The van der Waals surface area contributed by atoms with Crippen molar-refractivity contribution in [2.45, 2.75) is 13.8 Å². The van der Waals surface area contributed by atoms with Crippen molar-refractivity contribution < 1.29 is 4.79 Å². The van der Waals surface area contributed by atoms with Gasteiger partial charge in [-0.1, -0.05) is 40.6 Å². The number of fused-ring (bicyclic) bond motifs is 1. The molecule has 1 aliphatic heterocycles. The van der Waals surface area contributed by atoms with E-state index in [2.05, 4.69) is 15.4 Å². The first-order chi connectivity index (χ1) is 14.4. The van der Waals surface area contributed by atoms with Crippen LogP contribution in [-0.2, 0) is 0 Å². The molecule has 156 valence electrons. The third-order valence-electron chi connectivity index (χ3n) is 4.81. The lowest BCUT2D eigenvalue weighted by atomic mass is 10.1. The summed E-state index contributed by atoms with van der Waals surface area (Å²) in [7, 11) is 0. The van der Waals surface area contributed by atoms with Crippen LogP contribution in [-0.4, -0.2) is 47.7 Å². The van der Waals surface area contributed by atoms with Crippen LogP contribution in [0.4, 0.5) is 10.8 Å². The van der Waals surface area contributed by atoms with Crippen LogP contribution in [0.1, 0.15) is 24.2 Å². The molecule has 0 spiro atoms. The standard InChI is InChI=1S/C21H21Cl2N5OS/c1-13(2)25-26-21-24-18-17(30-21)7-6-16(23)19(18)27-8-10-28(11-9-27)20(29)14-4-3-5-15(22)12-14/h3-7,12H,8-11H2,1-2H3,(H,24,26). The summed E-state index contributed by atoms with van der Waals surface area (Å²) >= 11 is 14.1. The summed E-state index contributed by atoms with van der Waals surface area (Å²) in [6, 6.07) is 10.9. The number of anilines is 2. The van der Waals surface area contributed by atoms with Crippen molar-refractivity contribution in [3.05, 3.63) is 52.0 Å². The van der Waals surface area contributed by atoms with Gasteiger partial charge in [0.2, 0.25) is 5.13 Å². The Hall–Kier alpha value is -2.35. The molecule has 6 nitrogen and oxygen atoms in total. The summed E-state index contributed by atoms with van der Waals surface area (Å²) in [6.45, 7) is 6.41. The first-order valence-corrected chi connectivity index (χ1v) is 11.2. The topological polar surface area (TPSA) is 60.8 Å². The molecule has 1 aromatic heterocycles. The van der Waals surface area contributed by atoms with E-state index in [-0.39, 0.29) is 5.91 Å². The summed E-state index contributed by atoms with van der Waals surface area (Å²) in [5, 5.41) is 6.18. The minimum absolute atomic E-state index is 0.00519. The van der Waals surface area contributed by atoms with Crippen LogP contribution in [0.5, 0.6) is 0 Å². The van der Waals surface area contributed by atoms with Crippen LogP contribution in [0.15, 0.2) is 41.5 Å². The normalized spacial score (nSPS) is 14.1. The van der Waals surface area contributed by atoms with Gasteiger partial charge in [-0.05, 0) is 44.2 Å². The lowest BCUT2D eigenvalue weighted by molar-refractivity contribution is 0.0747. The van der Waals surface area contributed by atoms with Gasteiger partial charge in [0.1, 0.15) is 5.52 Å². The fourth-order valence-electron chi connectivity index (χ4n) is 3.40. The van der Waals surface area contributed by atoms with Crippen molar-refractivity contribution in [1.82, 2.24) is 9.88 Å². The Kier molecular flexibility index (Phi) is 6.13. The van der Waals surface area contributed by atoms with E-state index in [4.69, 9.17) is 28.2 Å². The number of hydrogen-bond acceptors (Lipinski definition) is 6. The monoisotopic (exact) mass is 461 g/mol. The summed E-state index contributed by atoms with van der Waals surface area (Å²) < 4.78 is 1.04. The van der Waals surface area contributed by atoms with E-state index in [1.807, 2.05) is 30.9 Å². The molecule has 1 N–H and O–H groups in total. The predicted molar refractivity (Wildman–Crippen MR) is 127 cm³/mol. The summed E-state index contributed by atoms with van der Waals surface area (Å²) in [6.07, 6.45) is 0. The van der Waals surface area contributed by atoms with Crippen LogP contribution in [0.2, 0.25) is 10.0 Å². The number of rotatable bonds is 4. The van der Waals surface area contributed by atoms with Crippen molar-refractivity contribution >= 4 is 67.2 Å². The zero-order chi connectivity index (χ0) is 21.3. The summed E-state index contributed by atoms with van der Waals surface area (Å²) in [5.74, 6) is -0.00519. The Labute approximate surface area is 189 Å². The van der Waals surface area contributed by atoms with Crippen LogP contribution < -0.4 is 10.3 Å². The van der Waals surface area contributed by atoms with E-state index in [0.29, 0.717) is 41.8 Å². The molecule has 1 saturated heterocycles. The van der Waals surface area contributed by atoms with Crippen LogP contribution >= 0.6 is 34.5 Å². The number of carbonyl (C=O) groups excluding carboxylic acids is 1. The van der Waals surface area contributed by atoms with E-state index in [9.17, 15) is 4.79 Å². The molecule has 0 saturated carbocycles. The zero-order valence-electron chi connectivity index (χ0n) is 16.7. The predicted octanol–water partition coefficient (Wildman–Crippen LogP) is 5.37. The van der Waals surface area contributed by atoms with Gasteiger partial charge in [-0.15, -0.1) is 0 Å². The van der Waals surface area contributed by atoms with Gasteiger partial charge in [-0.3, -0.25) is 10.2 Å². The molecule has 4 rings (SSSR count). The third kappa shape index (κ3) is 4.38. The molecule has 0 radical (unpaired) electrons. The Morgan fingerprint density at radius 3 is 2.60 bits per heavy atom. The second-order valence-electron chi connectivity index (χ2n) is 7.22. The highest BCUT2D eigenvalue weighted by molar-refractivity contribution is 7.22. The van der Waals surface area contributed by atoms with Gasteiger partial charge in [0.25, 0.3) is 5.91 Å². The van der Waals surface area contributed by atoms with Crippen molar-refractivity contribution in [1.29, 1.82) is 0 Å². The molecule has 1 fully saturated rings. The first kappa shape index (κ1) is 20.9. The molecule has 0 atom stereocenters. The van der Waals surface area contributed by atoms with E-state index in [0.717, 1.165) is 26.7 Å². The number of nitrogens with zero attached hydrogens (tertiary/aromatic N) is 4. The minimum atomic E-state index is -0.00519. The smallest absolute Gasteiger partial charge is 0.254 e. The number of benzene rings is 2. The Morgan fingerprint density at radius 2 is 1.90 bits per heavy atom. The Morgan fingerprint density at radius 1 is 1.13 bits per heavy atom. The molecular weight excluding hydrogens is 441 g/mol. The molecule has 2 heterocycles. The third-order valence-corrected chi connectivity index (χ3v) is 6.28. The second kappa shape index (κ2) is 8.79. The number of piperazine rings is 1. The maximum Gasteiger partial charge on any atom is 0.254 e. The highest BCUT2D eigenvalue weighted by Crippen LogP contribution is 2.38. The number of hydrogen-bond donors (Lipinski definition) is 1. The molecule has 0 bridgehead atoms. The van der Waals surface area contributed by atoms with Gasteiger partial charge < -0.3 is 9.80 Å². The summed E-state index contributed by atoms with van der Waals surface area (Å²) in [5.41, 5.74) is 6.29. The first-order valence-electron chi connectivity index (χ1n) is 9.58. The van der Waals surface area contributed by atoms with Crippen molar-refractivity contribution in [3.8, 4) is 0 Å². The van der Waals surface area contributed by atoms with Crippen molar-refractivity contribution in [3.63, 3.8) is 0 Å². The van der Waals surface area contributed by atoms with E-state index in [1.165, 1.54) is 11.3 Å². The molecule has 9 heteroatoms. The van der Waals surface area contributed by atoms with Crippen molar-refractivity contribution in [2.24, 2.45) is 5.10 Å². The highest BCUT2D eigenvalue weighted by Gasteiger charge is 2.25. The number of amides is 1. The quantitative estimate of drug-likeness (QED) is 0.418. The van der Waals surface area contributed by atoms with Gasteiger partial charge in [0, 0.05) is 42.5 Å². The lowest BCUT2D eigenvalue weighted by Crippen LogP contribution is -2.49. The number of aromatic nitrogens is 1. The Bertz CT molecular complexity index is 1120. The SMILES string of the molecule is CC(C)=NNc1nc2c(N3CCN(C(=O)c4cccc(Cl)c4)CC3)c(Cl)ccc2s1. The highest BCUT2D eigenvalue weighted by atomic mass is 35.5. The van der Waals surface area contributed by atoms with Gasteiger partial charge in [0.05, 0.1) is 15.4 Å². The molecule has 0 unspecified atom stereocenters. The second-order valence-corrected chi connectivity index (χ2v) is 9.10.